The first-order valence-electron chi connectivity index (χ1n) is 14.2. The number of allylic oxidation sites excluding steroid dienone is 6. The number of nitro groups is 1. The minimum absolute atomic E-state index is 0.0161. The van der Waals surface area contributed by atoms with E-state index in [1.54, 1.807) is 26.0 Å². The number of non-ortho nitro benzene ring substituents is 1. The van der Waals surface area contributed by atoms with Crippen molar-refractivity contribution in [2.24, 2.45) is 5.92 Å². The molecule has 0 atom stereocenters. The zero-order valence-electron chi connectivity index (χ0n) is 25.5. The highest BCUT2D eigenvalue weighted by atomic mass is 19.4. The smallest absolute Gasteiger partial charge is 0.416 e. The number of aryl methyl sites for hydroxylation is 1. The largest absolute Gasteiger partial charge is 0.506 e. The summed E-state index contributed by atoms with van der Waals surface area (Å²) in [5.41, 5.74) is 0.358. The second-order valence-corrected chi connectivity index (χ2v) is 12.7. The van der Waals surface area contributed by atoms with Gasteiger partial charge in [-0.2, -0.15) is 13.2 Å². The minimum atomic E-state index is -4.56. The number of rotatable bonds is 8. The molecule has 0 bridgehead atoms. The zero-order chi connectivity index (χ0) is 32.2. The highest BCUT2D eigenvalue weighted by Crippen LogP contribution is 2.53. The Morgan fingerprint density at radius 1 is 1.16 bits per heavy atom. The third-order valence-electron chi connectivity index (χ3n) is 8.63. The molecule has 6 nitrogen and oxygen atoms in total. The second-order valence-electron chi connectivity index (χ2n) is 12.7. The van der Waals surface area contributed by atoms with Gasteiger partial charge in [0.25, 0.3) is 5.69 Å². The Kier molecular flexibility index (Phi) is 8.02. The maximum absolute atomic E-state index is 14.1. The molecule has 0 fully saturated rings. The van der Waals surface area contributed by atoms with E-state index in [4.69, 9.17) is 0 Å². The van der Waals surface area contributed by atoms with Crippen molar-refractivity contribution >= 4 is 17.2 Å². The maximum atomic E-state index is 14.1. The second kappa shape index (κ2) is 10.8. The maximum Gasteiger partial charge on any atom is 0.416 e. The summed E-state index contributed by atoms with van der Waals surface area (Å²) in [6.45, 7) is 17.5. The van der Waals surface area contributed by atoms with Crippen LogP contribution in [0, 0.1) is 23.0 Å². The fraction of sp³-hybridized carbons (Fsp3) is 0.382. The van der Waals surface area contributed by atoms with Crippen molar-refractivity contribution in [3.63, 3.8) is 0 Å². The molecule has 2 aromatic rings. The number of carbonyl (C=O) groups excluding carboxylic acids is 1. The summed E-state index contributed by atoms with van der Waals surface area (Å²) in [5.74, 6) is -0.433. The number of aliphatic hydroxyl groups excluding tert-OH is 1. The highest BCUT2D eigenvalue weighted by Gasteiger charge is 2.48. The summed E-state index contributed by atoms with van der Waals surface area (Å²) in [6, 6.07) is 8.69. The van der Waals surface area contributed by atoms with Gasteiger partial charge in [0.1, 0.15) is 5.76 Å². The van der Waals surface area contributed by atoms with Gasteiger partial charge >= 0.3 is 6.18 Å². The Morgan fingerprint density at radius 2 is 1.81 bits per heavy atom. The first kappa shape index (κ1) is 31.8. The van der Waals surface area contributed by atoms with Gasteiger partial charge in [0, 0.05) is 40.9 Å². The number of nitrogens with zero attached hydrogens (tertiary/aromatic N) is 2. The SMILES string of the molecule is C=C(/C=C1\C(=O)C(/C=C2\N(CCC(C)C)c3cccc(C(F)(F)F)c3C2(C)C)=C1O)C(C)(C)c1cc([N+](=O)[O-])ccc1C. The van der Waals surface area contributed by atoms with Crippen molar-refractivity contribution in [2.45, 2.75) is 71.9 Å². The lowest BCUT2D eigenvalue weighted by molar-refractivity contribution is -0.385. The molecule has 1 aliphatic heterocycles. The Balaban J connectivity index is 1.77. The lowest BCUT2D eigenvalue weighted by Gasteiger charge is -2.31. The van der Waals surface area contributed by atoms with Crippen molar-refractivity contribution in [3.05, 3.63) is 116 Å². The Bertz CT molecular complexity index is 1620. The lowest BCUT2D eigenvalue weighted by Crippen LogP contribution is -2.30. The number of halogens is 3. The summed E-state index contributed by atoms with van der Waals surface area (Å²) in [4.78, 5) is 26.1. The van der Waals surface area contributed by atoms with E-state index < -0.39 is 33.3 Å². The number of nitro benzene ring substituents is 1. The van der Waals surface area contributed by atoms with Gasteiger partial charge in [0.15, 0.2) is 0 Å². The molecule has 1 heterocycles. The number of Topliss-reactive ketones (excluding diaryl/α,β-unsaturated/α-hetero) is 1. The quantitative estimate of drug-likeness (QED) is 0.188. The van der Waals surface area contributed by atoms with E-state index in [9.17, 15) is 33.2 Å². The van der Waals surface area contributed by atoms with E-state index in [2.05, 4.69) is 6.58 Å². The summed E-state index contributed by atoms with van der Waals surface area (Å²) in [7, 11) is 0. The van der Waals surface area contributed by atoms with Crippen LogP contribution >= 0.6 is 0 Å². The van der Waals surface area contributed by atoms with Gasteiger partial charge in [-0.15, -0.1) is 0 Å². The number of anilines is 1. The van der Waals surface area contributed by atoms with Crippen LogP contribution in [0.25, 0.3) is 0 Å². The van der Waals surface area contributed by atoms with Gasteiger partial charge in [0.05, 0.1) is 21.6 Å². The van der Waals surface area contributed by atoms with Gasteiger partial charge in [-0.25, -0.2) is 0 Å². The number of carbonyl (C=O) groups is 1. The van der Waals surface area contributed by atoms with E-state index in [1.807, 2.05) is 39.5 Å². The van der Waals surface area contributed by atoms with Crippen molar-refractivity contribution in [2.75, 3.05) is 11.4 Å². The monoisotopic (exact) mass is 594 g/mol. The Morgan fingerprint density at radius 3 is 2.37 bits per heavy atom. The van der Waals surface area contributed by atoms with Crippen LogP contribution in [-0.2, 0) is 21.8 Å². The summed E-state index contributed by atoms with van der Waals surface area (Å²) in [6.07, 6.45) is -0.867. The van der Waals surface area contributed by atoms with Gasteiger partial charge in [-0.3, -0.25) is 14.9 Å². The van der Waals surface area contributed by atoms with E-state index in [-0.39, 0.29) is 34.1 Å². The molecule has 1 N–H and O–H groups in total. The summed E-state index contributed by atoms with van der Waals surface area (Å²) >= 11 is 0. The molecule has 9 heteroatoms. The van der Waals surface area contributed by atoms with Gasteiger partial charge < -0.3 is 10.0 Å². The number of hydrogen-bond acceptors (Lipinski definition) is 5. The molecule has 43 heavy (non-hydrogen) atoms. The van der Waals surface area contributed by atoms with Crippen LogP contribution in [0.5, 0.6) is 0 Å². The van der Waals surface area contributed by atoms with Gasteiger partial charge in [0.2, 0.25) is 5.78 Å². The topological polar surface area (TPSA) is 83.7 Å². The Hall–Kier alpha value is -4.14. The molecule has 0 amide bonds. The fourth-order valence-corrected chi connectivity index (χ4v) is 5.91. The average molecular weight is 595 g/mol. The van der Waals surface area contributed by atoms with Crippen LogP contribution in [0.1, 0.15) is 70.2 Å². The van der Waals surface area contributed by atoms with Crippen LogP contribution < -0.4 is 4.90 Å². The van der Waals surface area contributed by atoms with Crippen LogP contribution in [0.4, 0.5) is 24.5 Å². The third kappa shape index (κ3) is 5.53. The van der Waals surface area contributed by atoms with E-state index >= 15 is 0 Å². The van der Waals surface area contributed by atoms with Crippen molar-refractivity contribution < 1.29 is 28.0 Å². The first-order chi connectivity index (χ1) is 19.8. The van der Waals surface area contributed by atoms with Crippen molar-refractivity contribution in [1.82, 2.24) is 0 Å². The molecule has 228 valence electrons. The number of hydrogen-bond donors (Lipinski definition) is 1. The lowest BCUT2D eigenvalue weighted by atomic mass is 9.74. The summed E-state index contributed by atoms with van der Waals surface area (Å²) in [5, 5.41) is 22.4. The molecule has 0 unspecified atom stereocenters. The van der Waals surface area contributed by atoms with Crippen LogP contribution in [0.15, 0.2) is 83.3 Å². The van der Waals surface area contributed by atoms with Crippen LogP contribution in [-0.4, -0.2) is 22.4 Å². The molecular weight excluding hydrogens is 557 g/mol. The first-order valence-corrected chi connectivity index (χ1v) is 14.2. The standard InChI is InChI=1S/C34H37F3N2O4/c1-19(2)14-15-38-27-11-9-10-25(34(35,36)37)29(27)33(7,8)28(38)18-24-30(40)23(31(24)41)16-21(4)32(5,6)26-17-22(39(42)43)13-12-20(26)3/h9-13,16-19,40H,4,14-15H2,1-3,5-8H3/b23-16-,28-18-. The molecule has 2 aromatic carbocycles. The third-order valence-corrected chi connectivity index (χ3v) is 8.63. The molecule has 2 aliphatic rings. The molecule has 0 spiro atoms. The van der Waals surface area contributed by atoms with Crippen molar-refractivity contribution in [3.8, 4) is 0 Å². The number of fused-ring (bicyclic) bond motifs is 1. The number of ketones is 1. The predicted octanol–water partition coefficient (Wildman–Crippen LogP) is 8.80. The highest BCUT2D eigenvalue weighted by molar-refractivity contribution is 6.21. The van der Waals surface area contributed by atoms with Gasteiger partial charge in [-0.05, 0) is 65.8 Å². The van der Waals surface area contributed by atoms with E-state index in [0.717, 1.165) is 11.6 Å². The predicted molar refractivity (Wildman–Crippen MR) is 162 cm³/mol. The Labute approximate surface area is 250 Å². The summed E-state index contributed by atoms with van der Waals surface area (Å²) < 4.78 is 42.3. The molecule has 0 saturated carbocycles. The average Bonchev–Trinajstić information content (AvgIpc) is 3.13. The number of aliphatic hydroxyl groups is 1. The van der Waals surface area contributed by atoms with Crippen LogP contribution in [0.3, 0.4) is 0 Å². The van der Waals surface area contributed by atoms with E-state index in [1.165, 1.54) is 30.4 Å². The number of alkyl halides is 3. The van der Waals surface area contributed by atoms with E-state index in [0.29, 0.717) is 35.5 Å². The normalized spacial score (nSPS) is 18.5. The van der Waals surface area contributed by atoms with Gasteiger partial charge in [-0.1, -0.05) is 60.3 Å². The molecular formula is C34H37F3N2O4. The van der Waals surface area contributed by atoms with Crippen LogP contribution in [0.2, 0.25) is 0 Å². The van der Waals surface area contributed by atoms with Crippen molar-refractivity contribution in [1.29, 1.82) is 0 Å². The molecule has 0 saturated heterocycles. The molecule has 0 radical (unpaired) electrons. The molecule has 4 rings (SSSR count). The molecule has 0 aromatic heterocycles. The number of benzene rings is 2. The zero-order valence-corrected chi connectivity index (χ0v) is 25.5. The molecule has 1 aliphatic carbocycles. The minimum Gasteiger partial charge on any atom is -0.506 e. The fourth-order valence-electron chi connectivity index (χ4n) is 5.91.